The Labute approximate surface area is 135 Å². The molecule has 3 N–H and O–H groups in total. The van der Waals surface area contributed by atoms with Crippen molar-refractivity contribution in [1.29, 1.82) is 0 Å². The molecule has 3 rings (SSSR count). The fourth-order valence-corrected chi connectivity index (χ4v) is 2.40. The number of halogens is 1. The van der Waals surface area contributed by atoms with Gasteiger partial charge in [-0.3, -0.25) is 9.59 Å². The number of aliphatic carboxylic acids is 1. The summed E-state index contributed by atoms with van der Waals surface area (Å²) in [4.78, 5) is 34.4. The Hall–Kier alpha value is -3.29. The zero-order valence-electron chi connectivity index (χ0n) is 12.4. The predicted octanol–water partition coefficient (Wildman–Crippen LogP) is 2.04. The van der Waals surface area contributed by atoms with E-state index in [1.54, 1.807) is 12.3 Å². The molecule has 0 aliphatic rings. The molecular weight excluding hydrogens is 315 g/mol. The molecule has 0 spiro atoms. The number of aromatic amines is 1. The molecule has 0 radical (unpaired) electrons. The minimum absolute atomic E-state index is 0.138. The Morgan fingerprint density at radius 2 is 1.96 bits per heavy atom. The average molecular weight is 328 g/mol. The number of nitrogens with zero attached hydrogens (tertiary/aromatic N) is 2. The third kappa shape index (κ3) is 3.22. The van der Waals surface area contributed by atoms with Gasteiger partial charge in [-0.05, 0) is 23.8 Å². The van der Waals surface area contributed by atoms with Crippen LogP contribution in [0.4, 0.5) is 4.39 Å². The lowest BCUT2D eigenvalue weighted by Gasteiger charge is -2.17. The molecule has 7 nitrogen and oxygen atoms in total. The fraction of sp³-hybridized carbons (Fsp3) is 0.125. The molecule has 122 valence electrons. The van der Waals surface area contributed by atoms with Crippen molar-refractivity contribution in [3.05, 3.63) is 59.9 Å². The van der Waals surface area contributed by atoms with Gasteiger partial charge in [0.05, 0.1) is 17.8 Å². The second-order valence-corrected chi connectivity index (χ2v) is 5.14. The maximum atomic E-state index is 13.1. The van der Waals surface area contributed by atoms with Crippen LogP contribution in [0.2, 0.25) is 0 Å². The molecular formula is C16H13FN4O3. The van der Waals surface area contributed by atoms with E-state index in [0.717, 1.165) is 0 Å². The van der Waals surface area contributed by atoms with Gasteiger partial charge in [-0.15, -0.1) is 0 Å². The van der Waals surface area contributed by atoms with Crippen LogP contribution in [0.15, 0.2) is 42.9 Å². The Kier molecular flexibility index (Phi) is 4.19. The Morgan fingerprint density at radius 3 is 2.67 bits per heavy atom. The minimum atomic E-state index is -1.08. The lowest BCUT2D eigenvalue weighted by Crippen LogP contribution is -2.31. The number of carboxylic acid groups (broad SMARTS) is 1. The van der Waals surface area contributed by atoms with E-state index < -0.39 is 23.7 Å². The summed E-state index contributed by atoms with van der Waals surface area (Å²) in [6.07, 6.45) is 2.54. The average Bonchev–Trinajstić information content (AvgIpc) is 3.03. The van der Waals surface area contributed by atoms with Crippen molar-refractivity contribution < 1.29 is 19.1 Å². The van der Waals surface area contributed by atoms with Gasteiger partial charge in [0.1, 0.15) is 23.5 Å². The third-order valence-electron chi connectivity index (χ3n) is 3.53. The molecule has 0 bridgehead atoms. The van der Waals surface area contributed by atoms with Crippen LogP contribution in [-0.4, -0.2) is 31.9 Å². The summed E-state index contributed by atoms with van der Waals surface area (Å²) in [5, 5.41) is 12.2. The van der Waals surface area contributed by atoms with Gasteiger partial charge in [0, 0.05) is 6.20 Å². The Balaban J connectivity index is 1.89. The van der Waals surface area contributed by atoms with Crippen LogP contribution < -0.4 is 5.32 Å². The number of H-pyrrole nitrogens is 1. The number of amides is 1. The smallest absolute Gasteiger partial charge is 0.305 e. The third-order valence-corrected chi connectivity index (χ3v) is 3.53. The molecule has 0 unspecified atom stereocenters. The van der Waals surface area contributed by atoms with Crippen molar-refractivity contribution in [3.63, 3.8) is 0 Å². The molecule has 2 heterocycles. The number of carbonyl (C=O) groups excluding carboxylic acids is 1. The first-order valence-electron chi connectivity index (χ1n) is 7.11. The topological polar surface area (TPSA) is 108 Å². The number of benzene rings is 1. The number of nitrogens with one attached hydrogen (secondary N) is 2. The molecule has 0 saturated carbocycles. The Bertz CT molecular complexity index is 892. The fourth-order valence-electron chi connectivity index (χ4n) is 2.40. The molecule has 0 aliphatic heterocycles. The SMILES string of the molecule is O=C(O)C[C@@H](NC(=O)c1ncnc2[nH]ccc12)c1ccc(F)cc1. The summed E-state index contributed by atoms with van der Waals surface area (Å²) in [5.41, 5.74) is 1.14. The number of hydrogen-bond donors (Lipinski definition) is 3. The van der Waals surface area contributed by atoms with E-state index in [-0.39, 0.29) is 12.1 Å². The molecule has 0 saturated heterocycles. The molecule has 1 amide bonds. The lowest BCUT2D eigenvalue weighted by molar-refractivity contribution is -0.137. The highest BCUT2D eigenvalue weighted by molar-refractivity contribution is 6.03. The van der Waals surface area contributed by atoms with Gasteiger partial charge >= 0.3 is 5.97 Å². The molecule has 2 aromatic heterocycles. The van der Waals surface area contributed by atoms with Crippen LogP contribution in [-0.2, 0) is 4.79 Å². The van der Waals surface area contributed by atoms with E-state index in [4.69, 9.17) is 5.11 Å². The molecule has 24 heavy (non-hydrogen) atoms. The highest BCUT2D eigenvalue weighted by Crippen LogP contribution is 2.19. The van der Waals surface area contributed by atoms with Crippen molar-refractivity contribution in [2.45, 2.75) is 12.5 Å². The number of carboxylic acids is 1. The quantitative estimate of drug-likeness (QED) is 0.664. The van der Waals surface area contributed by atoms with Gasteiger partial charge < -0.3 is 15.4 Å². The van der Waals surface area contributed by atoms with Crippen molar-refractivity contribution in [2.75, 3.05) is 0 Å². The number of aromatic nitrogens is 3. The first-order chi connectivity index (χ1) is 11.5. The maximum absolute atomic E-state index is 13.1. The number of rotatable bonds is 5. The van der Waals surface area contributed by atoms with Crippen LogP contribution in [0.25, 0.3) is 11.0 Å². The molecule has 8 heteroatoms. The largest absolute Gasteiger partial charge is 0.481 e. The van der Waals surface area contributed by atoms with Gasteiger partial charge in [0.15, 0.2) is 0 Å². The van der Waals surface area contributed by atoms with Gasteiger partial charge in [-0.25, -0.2) is 14.4 Å². The van der Waals surface area contributed by atoms with Gasteiger partial charge in [-0.2, -0.15) is 0 Å². The maximum Gasteiger partial charge on any atom is 0.305 e. The van der Waals surface area contributed by atoms with E-state index in [2.05, 4.69) is 20.3 Å². The second kappa shape index (κ2) is 6.45. The van der Waals surface area contributed by atoms with Crippen molar-refractivity contribution >= 4 is 22.9 Å². The summed E-state index contributed by atoms with van der Waals surface area (Å²) in [6.45, 7) is 0. The normalized spacial score (nSPS) is 12.0. The van der Waals surface area contributed by atoms with Crippen LogP contribution in [0.3, 0.4) is 0 Å². The van der Waals surface area contributed by atoms with E-state index in [9.17, 15) is 14.0 Å². The van der Waals surface area contributed by atoms with Crippen molar-refractivity contribution in [1.82, 2.24) is 20.3 Å². The summed E-state index contributed by atoms with van der Waals surface area (Å²) < 4.78 is 13.1. The van der Waals surface area contributed by atoms with Gasteiger partial charge in [0.2, 0.25) is 0 Å². The first kappa shape index (κ1) is 15.6. The van der Waals surface area contributed by atoms with E-state index in [1.165, 1.54) is 30.6 Å². The lowest BCUT2D eigenvalue weighted by atomic mass is 10.0. The van der Waals surface area contributed by atoms with Crippen LogP contribution >= 0.6 is 0 Å². The number of fused-ring (bicyclic) bond motifs is 1. The number of carbonyl (C=O) groups is 2. The standard InChI is InChI=1S/C16H13FN4O3/c17-10-3-1-9(2-4-10)12(7-13(22)23)21-16(24)14-11-5-6-18-15(11)20-8-19-14/h1-6,8,12H,7H2,(H,21,24)(H,22,23)(H,18,19,20)/t12-/m1/s1. The monoisotopic (exact) mass is 328 g/mol. The van der Waals surface area contributed by atoms with E-state index in [1.807, 2.05) is 0 Å². The van der Waals surface area contributed by atoms with E-state index >= 15 is 0 Å². The van der Waals surface area contributed by atoms with Crippen molar-refractivity contribution in [3.8, 4) is 0 Å². The molecule has 1 aromatic carbocycles. The summed E-state index contributed by atoms with van der Waals surface area (Å²) in [6, 6.07) is 6.16. The molecule has 3 aromatic rings. The van der Waals surface area contributed by atoms with Crippen LogP contribution in [0.5, 0.6) is 0 Å². The molecule has 0 aliphatic carbocycles. The highest BCUT2D eigenvalue weighted by atomic mass is 19.1. The van der Waals surface area contributed by atoms with Gasteiger partial charge in [-0.1, -0.05) is 12.1 Å². The molecule has 0 fully saturated rings. The minimum Gasteiger partial charge on any atom is -0.481 e. The second-order valence-electron chi connectivity index (χ2n) is 5.14. The summed E-state index contributed by atoms with van der Waals surface area (Å²) in [7, 11) is 0. The highest BCUT2D eigenvalue weighted by Gasteiger charge is 2.21. The summed E-state index contributed by atoms with van der Waals surface area (Å²) >= 11 is 0. The van der Waals surface area contributed by atoms with Crippen LogP contribution in [0, 0.1) is 5.82 Å². The zero-order chi connectivity index (χ0) is 17.1. The first-order valence-corrected chi connectivity index (χ1v) is 7.11. The van der Waals surface area contributed by atoms with Crippen LogP contribution in [0.1, 0.15) is 28.5 Å². The predicted molar refractivity (Wildman–Crippen MR) is 82.7 cm³/mol. The Morgan fingerprint density at radius 1 is 1.21 bits per heavy atom. The van der Waals surface area contributed by atoms with E-state index in [0.29, 0.717) is 16.6 Å². The zero-order valence-corrected chi connectivity index (χ0v) is 12.4. The number of hydrogen-bond acceptors (Lipinski definition) is 4. The molecule has 1 atom stereocenters. The van der Waals surface area contributed by atoms with Gasteiger partial charge in [0.25, 0.3) is 5.91 Å². The van der Waals surface area contributed by atoms with Crippen molar-refractivity contribution in [2.24, 2.45) is 0 Å². The summed E-state index contributed by atoms with van der Waals surface area (Å²) in [5.74, 6) is -2.05.